The van der Waals surface area contributed by atoms with Crippen LogP contribution in [0.3, 0.4) is 0 Å². The normalized spacial score (nSPS) is 19.2. The highest BCUT2D eigenvalue weighted by Crippen LogP contribution is 2.34. The van der Waals surface area contributed by atoms with Crippen LogP contribution in [0.1, 0.15) is 62.6 Å². The third kappa shape index (κ3) is 9.04. The summed E-state index contributed by atoms with van der Waals surface area (Å²) in [5.74, 6) is -2.99. The van der Waals surface area contributed by atoms with E-state index in [4.69, 9.17) is 31.5 Å². The van der Waals surface area contributed by atoms with Crippen molar-refractivity contribution in [3.63, 3.8) is 0 Å². The number of anilines is 1. The SMILES string of the molecule is CC(C)(C)OC(=O)N1C[C@@H](CCc2ccncc2NC(=O)[C@@H](N)[C@@H](c2ccc(Cl)cc2)c2cc(F)cc(F)c2)OC2(CCOCC2)C1. The van der Waals surface area contributed by atoms with E-state index in [2.05, 4.69) is 10.3 Å². The molecule has 3 atom stereocenters. The minimum absolute atomic E-state index is 0.213. The summed E-state index contributed by atoms with van der Waals surface area (Å²) in [7, 11) is 0. The van der Waals surface area contributed by atoms with Crippen molar-refractivity contribution in [1.82, 2.24) is 9.88 Å². The number of aromatic nitrogens is 1. The van der Waals surface area contributed by atoms with Gasteiger partial charge in [-0.25, -0.2) is 13.6 Å². The molecule has 2 aliphatic rings. The molecule has 5 rings (SSSR count). The van der Waals surface area contributed by atoms with Gasteiger partial charge in [0.1, 0.15) is 17.2 Å². The lowest BCUT2D eigenvalue weighted by Crippen LogP contribution is -2.59. The number of pyridine rings is 1. The number of rotatable bonds is 8. The highest BCUT2D eigenvalue weighted by atomic mass is 35.5. The molecule has 1 aromatic heterocycles. The van der Waals surface area contributed by atoms with Gasteiger partial charge >= 0.3 is 6.09 Å². The quantitative estimate of drug-likeness (QED) is 0.292. The number of benzene rings is 2. The molecule has 0 saturated carbocycles. The minimum Gasteiger partial charge on any atom is -0.444 e. The van der Waals surface area contributed by atoms with Gasteiger partial charge in [-0.15, -0.1) is 0 Å². The molecule has 3 heterocycles. The lowest BCUT2D eigenvalue weighted by atomic mass is 9.84. The maximum Gasteiger partial charge on any atom is 0.410 e. The predicted molar refractivity (Wildman–Crippen MR) is 174 cm³/mol. The molecule has 3 aromatic rings. The van der Waals surface area contributed by atoms with E-state index in [1.54, 1.807) is 41.4 Å². The van der Waals surface area contributed by atoms with E-state index >= 15 is 0 Å². The molecule has 12 heteroatoms. The molecule has 3 N–H and O–H groups in total. The van der Waals surface area contributed by atoms with Crippen molar-refractivity contribution in [2.75, 3.05) is 31.6 Å². The van der Waals surface area contributed by atoms with Crippen molar-refractivity contribution in [3.05, 3.63) is 94.3 Å². The lowest BCUT2D eigenvalue weighted by molar-refractivity contribution is -0.186. The van der Waals surface area contributed by atoms with Gasteiger partial charge in [0.25, 0.3) is 0 Å². The predicted octanol–water partition coefficient (Wildman–Crippen LogP) is 6.23. The van der Waals surface area contributed by atoms with Crippen LogP contribution >= 0.6 is 11.6 Å². The number of nitrogens with one attached hydrogen (secondary N) is 1. The third-order valence-electron chi connectivity index (χ3n) is 8.42. The fraction of sp³-hybridized carbons (Fsp3) is 0.457. The average molecular weight is 671 g/mol. The van der Waals surface area contributed by atoms with E-state index in [0.29, 0.717) is 68.3 Å². The van der Waals surface area contributed by atoms with E-state index < -0.39 is 40.7 Å². The van der Waals surface area contributed by atoms with Gasteiger partial charge in [-0.05, 0) is 80.6 Å². The van der Waals surface area contributed by atoms with Crippen LogP contribution in [-0.2, 0) is 25.4 Å². The van der Waals surface area contributed by atoms with Gasteiger partial charge in [0.05, 0.1) is 42.7 Å². The number of amides is 2. The fourth-order valence-electron chi connectivity index (χ4n) is 6.19. The summed E-state index contributed by atoms with van der Waals surface area (Å²) in [5.41, 5.74) is 7.40. The third-order valence-corrected chi connectivity index (χ3v) is 8.67. The van der Waals surface area contributed by atoms with E-state index in [-0.39, 0.29) is 17.8 Å². The summed E-state index contributed by atoms with van der Waals surface area (Å²) in [4.78, 5) is 32.7. The largest absolute Gasteiger partial charge is 0.444 e. The van der Waals surface area contributed by atoms with Crippen LogP contribution in [0, 0.1) is 11.6 Å². The van der Waals surface area contributed by atoms with Crippen molar-refractivity contribution >= 4 is 29.3 Å². The monoisotopic (exact) mass is 670 g/mol. The Morgan fingerprint density at radius 1 is 1.11 bits per heavy atom. The van der Waals surface area contributed by atoms with Crippen LogP contribution in [0.2, 0.25) is 5.02 Å². The number of aryl methyl sites for hydroxylation is 1. The van der Waals surface area contributed by atoms with E-state index in [0.717, 1.165) is 11.6 Å². The number of morpholine rings is 1. The zero-order chi connectivity index (χ0) is 33.8. The van der Waals surface area contributed by atoms with Gasteiger partial charge in [0.2, 0.25) is 5.91 Å². The van der Waals surface area contributed by atoms with Gasteiger partial charge in [0, 0.05) is 49.3 Å². The van der Waals surface area contributed by atoms with Gasteiger partial charge in [0.15, 0.2) is 0 Å². The van der Waals surface area contributed by atoms with Crippen LogP contribution in [0.25, 0.3) is 0 Å². The van der Waals surface area contributed by atoms with Crippen LogP contribution in [-0.4, -0.2) is 71.5 Å². The van der Waals surface area contributed by atoms with Crippen molar-refractivity contribution in [2.45, 2.75) is 75.7 Å². The minimum atomic E-state index is -1.22. The summed E-state index contributed by atoms with van der Waals surface area (Å²) >= 11 is 6.08. The Kier molecular flexibility index (Phi) is 10.8. The Morgan fingerprint density at radius 2 is 1.79 bits per heavy atom. The standard InChI is InChI=1S/C35H41ClF2N4O5/c1-34(2,3)47-33(44)42-20-28(46-35(21-42)11-14-45-15-12-35)9-6-22-10-13-40-19-29(22)41-32(43)31(39)30(23-4-7-25(36)8-5-23)24-16-26(37)18-27(38)17-24/h4-5,7-8,10,13,16-19,28,30-31H,6,9,11-12,14-15,20-21,39H2,1-3H3,(H,41,43)/t28-,30+,31+/m1/s1. The molecule has 9 nitrogen and oxygen atoms in total. The second kappa shape index (κ2) is 14.6. The maximum atomic E-state index is 14.3. The molecule has 2 amide bonds. The topological polar surface area (TPSA) is 116 Å². The number of nitrogens with zero attached hydrogens (tertiary/aromatic N) is 2. The summed E-state index contributed by atoms with van der Waals surface area (Å²) < 4.78 is 46.5. The highest BCUT2D eigenvalue weighted by molar-refractivity contribution is 6.30. The smallest absolute Gasteiger partial charge is 0.410 e. The fourth-order valence-corrected chi connectivity index (χ4v) is 6.32. The highest BCUT2D eigenvalue weighted by Gasteiger charge is 2.44. The second-order valence-electron chi connectivity index (χ2n) is 13.2. The molecule has 0 bridgehead atoms. The molecule has 1 spiro atoms. The van der Waals surface area contributed by atoms with Crippen molar-refractivity contribution in [3.8, 4) is 0 Å². The van der Waals surface area contributed by atoms with Crippen molar-refractivity contribution < 1.29 is 32.6 Å². The molecule has 2 aromatic carbocycles. The Bertz CT molecular complexity index is 1540. The molecular weight excluding hydrogens is 630 g/mol. The summed E-state index contributed by atoms with van der Waals surface area (Å²) in [5, 5.41) is 3.35. The van der Waals surface area contributed by atoms with Gasteiger partial charge in [-0.1, -0.05) is 23.7 Å². The number of hydrogen-bond donors (Lipinski definition) is 2. The van der Waals surface area contributed by atoms with Crippen LogP contribution in [0.4, 0.5) is 19.3 Å². The van der Waals surface area contributed by atoms with Crippen LogP contribution in [0.5, 0.6) is 0 Å². The number of ether oxygens (including phenoxy) is 3. The van der Waals surface area contributed by atoms with Gasteiger partial charge < -0.3 is 30.2 Å². The lowest BCUT2D eigenvalue weighted by Gasteiger charge is -2.48. The summed E-state index contributed by atoms with van der Waals surface area (Å²) in [6.07, 6.45) is 4.89. The van der Waals surface area contributed by atoms with E-state index in [1.807, 2.05) is 20.8 Å². The molecule has 2 fully saturated rings. The first-order chi connectivity index (χ1) is 22.3. The molecular formula is C35H41ClF2N4O5. The Balaban J connectivity index is 1.32. The number of carbonyl (C=O) groups is 2. The second-order valence-corrected chi connectivity index (χ2v) is 13.7. The number of nitrogens with two attached hydrogens (primary N) is 1. The first kappa shape index (κ1) is 34.7. The molecule has 2 saturated heterocycles. The molecule has 2 aliphatic heterocycles. The Morgan fingerprint density at radius 3 is 2.45 bits per heavy atom. The Hall–Kier alpha value is -3.64. The number of hydrogen-bond acceptors (Lipinski definition) is 7. The van der Waals surface area contributed by atoms with Crippen LogP contribution in [0.15, 0.2) is 60.9 Å². The molecule has 0 aliphatic carbocycles. The zero-order valence-corrected chi connectivity index (χ0v) is 27.6. The first-order valence-electron chi connectivity index (χ1n) is 15.8. The molecule has 252 valence electrons. The molecule has 47 heavy (non-hydrogen) atoms. The van der Waals surface area contributed by atoms with Gasteiger partial charge in [-0.3, -0.25) is 9.78 Å². The number of halogens is 3. The van der Waals surface area contributed by atoms with Crippen LogP contribution < -0.4 is 11.1 Å². The van der Waals surface area contributed by atoms with Gasteiger partial charge in [-0.2, -0.15) is 0 Å². The number of carbonyl (C=O) groups excluding carboxylic acids is 2. The summed E-state index contributed by atoms with van der Waals surface area (Å²) in [6.45, 7) is 7.41. The zero-order valence-electron chi connectivity index (χ0n) is 26.8. The van der Waals surface area contributed by atoms with E-state index in [9.17, 15) is 18.4 Å². The Labute approximate surface area is 278 Å². The molecule has 0 unspecified atom stereocenters. The first-order valence-corrected chi connectivity index (χ1v) is 16.1. The van der Waals surface area contributed by atoms with Crippen molar-refractivity contribution in [1.29, 1.82) is 0 Å². The van der Waals surface area contributed by atoms with Crippen molar-refractivity contribution in [2.24, 2.45) is 5.73 Å². The maximum absolute atomic E-state index is 14.3. The van der Waals surface area contributed by atoms with E-state index in [1.165, 1.54) is 18.3 Å². The molecule has 0 radical (unpaired) electrons. The summed E-state index contributed by atoms with van der Waals surface area (Å²) in [6, 6.07) is 10.3. The average Bonchev–Trinajstić information content (AvgIpc) is 3.00.